The van der Waals surface area contributed by atoms with Gasteiger partial charge >= 0.3 is 0 Å². The van der Waals surface area contributed by atoms with Gasteiger partial charge in [-0.2, -0.15) is 0 Å². The lowest BCUT2D eigenvalue weighted by molar-refractivity contribution is 0.192. The molecule has 0 N–H and O–H groups in total. The third-order valence-electron chi connectivity index (χ3n) is 3.29. The van der Waals surface area contributed by atoms with E-state index in [1.54, 1.807) is 0 Å². The first-order valence-corrected chi connectivity index (χ1v) is 7.45. The minimum Gasteiger partial charge on any atom is -0.296 e. The topological polar surface area (TPSA) is 3.24 Å². The summed E-state index contributed by atoms with van der Waals surface area (Å²) in [5.41, 5.74) is 1.40. The summed E-state index contributed by atoms with van der Waals surface area (Å²) in [6.07, 6.45) is 3.78. The number of hydrogen-bond acceptors (Lipinski definition) is 1. The minimum absolute atomic E-state index is 0.667. The maximum atomic E-state index is 3.54. The van der Waals surface area contributed by atoms with Gasteiger partial charge in [-0.15, -0.1) is 0 Å². The monoisotopic (exact) mass is 297 g/mol. The summed E-state index contributed by atoms with van der Waals surface area (Å²) in [6.45, 7) is 9.12. The lowest BCUT2D eigenvalue weighted by atomic mass is 10.1. The van der Waals surface area contributed by atoms with Gasteiger partial charge in [0.1, 0.15) is 0 Å². The molecule has 0 aliphatic carbocycles. The van der Waals surface area contributed by atoms with Crippen molar-refractivity contribution in [3.8, 4) is 0 Å². The van der Waals surface area contributed by atoms with Crippen LogP contribution in [0.15, 0.2) is 28.7 Å². The zero-order chi connectivity index (χ0) is 12.7. The molecule has 1 nitrogen and oxygen atoms in total. The molecule has 0 amide bonds. The first-order valence-electron chi connectivity index (χ1n) is 6.65. The predicted molar refractivity (Wildman–Crippen MR) is 79.2 cm³/mol. The first-order chi connectivity index (χ1) is 8.17. The Hall–Kier alpha value is -0.340. The molecule has 17 heavy (non-hydrogen) atoms. The van der Waals surface area contributed by atoms with Crippen LogP contribution in [-0.4, -0.2) is 17.5 Å². The van der Waals surface area contributed by atoms with Crippen LogP contribution in [0.1, 0.15) is 45.6 Å². The summed E-state index contributed by atoms with van der Waals surface area (Å²) in [5.74, 6) is 0. The van der Waals surface area contributed by atoms with E-state index in [1.807, 2.05) is 0 Å². The number of unbranched alkanes of at least 4 members (excludes halogenated alkanes) is 1. The molecular weight excluding hydrogens is 274 g/mol. The normalized spacial score (nSPS) is 13.0. The Morgan fingerprint density at radius 3 is 2.65 bits per heavy atom. The summed E-state index contributed by atoms with van der Waals surface area (Å²) in [6, 6.07) is 9.31. The van der Waals surface area contributed by atoms with Gasteiger partial charge in [0, 0.05) is 17.1 Å². The van der Waals surface area contributed by atoms with Gasteiger partial charge in [-0.25, -0.2) is 0 Å². The van der Waals surface area contributed by atoms with E-state index in [0.29, 0.717) is 6.04 Å². The molecule has 0 fully saturated rings. The zero-order valence-corrected chi connectivity index (χ0v) is 12.8. The molecule has 0 spiro atoms. The van der Waals surface area contributed by atoms with Crippen LogP contribution >= 0.6 is 15.9 Å². The molecule has 96 valence electrons. The van der Waals surface area contributed by atoms with Crippen molar-refractivity contribution in [2.24, 2.45) is 0 Å². The average Bonchev–Trinajstić information content (AvgIpc) is 2.33. The second kappa shape index (κ2) is 7.88. The van der Waals surface area contributed by atoms with Crippen LogP contribution in [0.4, 0.5) is 0 Å². The Morgan fingerprint density at radius 2 is 2.06 bits per heavy atom. The molecule has 0 aromatic heterocycles. The molecule has 1 aromatic carbocycles. The van der Waals surface area contributed by atoms with E-state index >= 15 is 0 Å². The zero-order valence-electron chi connectivity index (χ0n) is 11.2. The largest absolute Gasteiger partial charge is 0.296 e. The van der Waals surface area contributed by atoms with E-state index < -0.39 is 0 Å². The molecule has 1 rings (SSSR count). The molecular formula is C15H24BrN. The summed E-state index contributed by atoms with van der Waals surface area (Å²) in [5, 5.41) is 0. The number of halogens is 1. The van der Waals surface area contributed by atoms with Gasteiger partial charge in [0.2, 0.25) is 0 Å². The highest BCUT2D eigenvalue weighted by molar-refractivity contribution is 9.10. The number of benzene rings is 1. The molecule has 0 bridgehead atoms. The van der Waals surface area contributed by atoms with Crippen molar-refractivity contribution in [1.82, 2.24) is 4.90 Å². The van der Waals surface area contributed by atoms with Crippen molar-refractivity contribution in [2.45, 2.75) is 52.6 Å². The number of rotatable bonds is 7. The molecule has 1 unspecified atom stereocenters. The molecule has 0 aliphatic rings. The van der Waals surface area contributed by atoms with Gasteiger partial charge < -0.3 is 0 Å². The van der Waals surface area contributed by atoms with Crippen LogP contribution in [0, 0.1) is 0 Å². The highest BCUT2D eigenvalue weighted by Crippen LogP contribution is 2.16. The first kappa shape index (κ1) is 14.7. The Labute approximate surface area is 114 Å². The molecule has 0 heterocycles. The van der Waals surface area contributed by atoms with Crippen LogP contribution in [0.25, 0.3) is 0 Å². The summed E-state index contributed by atoms with van der Waals surface area (Å²) < 4.78 is 1.18. The van der Waals surface area contributed by atoms with Crippen LogP contribution in [0.5, 0.6) is 0 Å². The highest BCUT2D eigenvalue weighted by Gasteiger charge is 2.11. The molecule has 2 heteroatoms. The van der Waals surface area contributed by atoms with Gasteiger partial charge in [-0.3, -0.25) is 4.90 Å². The lowest BCUT2D eigenvalue weighted by Crippen LogP contribution is -2.33. The maximum absolute atomic E-state index is 3.54. The van der Waals surface area contributed by atoms with E-state index in [-0.39, 0.29) is 0 Å². The van der Waals surface area contributed by atoms with Crippen LogP contribution in [-0.2, 0) is 6.54 Å². The minimum atomic E-state index is 0.667. The predicted octanol–water partition coefficient (Wildman–Crippen LogP) is 4.85. The lowest BCUT2D eigenvalue weighted by Gasteiger charge is -2.28. The molecule has 1 aromatic rings. The Bertz CT molecular complexity index is 324. The molecule has 1 atom stereocenters. The fourth-order valence-electron chi connectivity index (χ4n) is 1.94. The standard InChI is InChI=1S/C15H24BrN/c1-4-6-10-17(13(3)5-2)12-14-8-7-9-15(16)11-14/h7-9,11,13H,4-6,10,12H2,1-3H3. The second-order valence-corrected chi connectivity index (χ2v) is 5.63. The summed E-state index contributed by atoms with van der Waals surface area (Å²) in [7, 11) is 0. The van der Waals surface area contributed by atoms with Crippen molar-refractivity contribution in [3.05, 3.63) is 34.3 Å². The van der Waals surface area contributed by atoms with Crippen molar-refractivity contribution >= 4 is 15.9 Å². The van der Waals surface area contributed by atoms with E-state index in [1.165, 1.54) is 35.8 Å². The Balaban J connectivity index is 2.64. The van der Waals surface area contributed by atoms with E-state index in [4.69, 9.17) is 0 Å². The van der Waals surface area contributed by atoms with Crippen molar-refractivity contribution in [2.75, 3.05) is 6.54 Å². The van der Waals surface area contributed by atoms with Gasteiger partial charge in [0.15, 0.2) is 0 Å². The number of nitrogens with zero attached hydrogens (tertiary/aromatic N) is 1. The fraction of sp³-hybridized carbons (Fsp3) is 0.600. The quantitative estimate of drug-likeness (QED) is 0.695. The van der Waals surface area contributed by atoms with Crippen molar-refractivity contribution in [1.29, 1.82) is 0 Å². The second-order valence-electron chi connectivity index (χ2n) is 4.71. The third kappa shape index (κ3) is 5.22. The summed E-state index contributed by atoms with van der Waals surface area (Å²) >= 11 is 3.54. The maximum Gasteiger partial charge on any atom is 0.0236 e. The Morgan fingerprint density at radius 1 is 1.29 bits per heavy atom. The van der Waals surface area contributed by atoms with Crippen LogP contribution in [0.2, 0.25) is 0 Å². The smallest absolute Gasteiger partial charge is 0.0236 e. The highest BCUT2D eigenvalue weighted by atomic mass is 79.9. The average molecular weight is 298 g/mol. The van der Waals surface area contributed by atoms with Crippen LogP contribution in [0.3, 0.4) is 0 Å². The van der Waals surface area contributed by atoms with Crippen molar-refractivity contribution < 1.29 is 0 Å². The molecule has 0 aliphatic heterocycles. The van der Waals surface area contributed by atoms with Gasteiger partial charge in [-0.05, 0) is 44.0 Å². The summed E-state index contributed by atoms with van der Waals surface area (Å²) in [4.78, 5) is 2.59. The molecule has 0 radical (unpaired) electrons. The van der Waals surface area contributed by atoms with Crippen molar-refractivity contribution in [3.63, 3.8) is 0 Å². The fourth-order valence-corrected chi connectivity index (χ4v) is 2.39. The van der Waals surface area contributed by atoms with E-state index in [0.717, 1.165) is 6.54 Å². The van der Waals surface area contributed by atoms with E-state index in [9.17, 15) is 0 Å². The number of hydrogen-bond donors (Lipinski definition) is 0. The van der Waals surface area contributed by atoms with Crippen LogP contribution < -0.4 is 0 Å². The van der Waals surface area contributed by atoms with E-state index in [2.05, 4.69) is 65.9 Å². The molecule has 0 saturated heterocycles. The Kier molecular flexibility index (Phi) is 6.83. The molecule has 0 saturated carbocycles. The third-order valence-corrected chi connectivity index (χ3v) is 3.78. The SMILES string of the molecule is CCCCN(Cc1cccc(Br)c1)C(C)CC. The van der Waals surface area contributed by atoms with Gasteiger partial charge in [-0.1, -0.05) is 48.3 Å². The van der Waals surface area contributed by atoms with Gasteiger partial charge in [0.05, 0.1) is 0 Å². The van der Waals surface area contributed by atoms with Gasteiger partial charge in [0.25, 0.3) is 0 Å².